The van der Waals surface area contributed by atoms with Crippen molar-refractivity contribution in [3.8, 4) is 11.1 Å². The number of aliphatic hydroxyl groups excluding tert-OH is 1. The van der Waals surface area contributed by atoms with Crippen LogP contribution in [0.15, 0.2) is 48.5 Å². The molecule has 0 heterocycles. The molecule has 0 fully saturated rings. The van der Waals surface area contributed by atoms with Gasteiger partial charge in [0.2, 0.25) is 0 Å². The molecule has 4 heteroatoms. The van der Waals surface area contributed by atoms with E-state index in [1.807, 2.05) is 38.1 Å². The highest BCUT2D eigenvalue weighted by atomic mass is 19.4. The second-order valence-electron chi connectivity index (χ2n) is 5.84. The van der Waals surface area contributed by atoms with Crippen LogP contribution in [-0.4, -0.2) is 5.11 Å². The van der Waals surface area contributed by atoms with E-state index in [1.54, 1.807) is 0 Å². The maximum atomic E-state index is 12.5. The van der Waals surface area contributed by atoms with Gasteiger partial charge in [0.25, 0.3) is 0 Å². The quantitative estimate of drug-likeness (QED) is 0.796. The molecule has 0 saturated carbocycles. The van der Waals surface area contributed by atoms with E-state index in [0.29, 0.717) is 12.3 Å². The summed E-state index contributed by atoms with van der Waals surface area (Å²) >= 11 is 0. The van der Waals surface area contributed by atoms with Crippen LogP contribution in [0.5, 0.6) is 0 Å². The number of hydrogen-bond donors (Lipinski definition) is 1. The normalized spacial score (nSPS) is 13.4. The van der Waals surface area contributed by atoms with Crippen molar-refractivity contribution >= 4 is 0 Å². The summed E-state index contributed by atoms with van der Waals surface area (Å²) in [5.74, 6) is 0.393. The lowest BCUT2D eigenvalue weighted by Gasteiger charge is -2.14. The van der Waals surface area contributed by atoms with E-state index in [0.717, 1.165) is 28.8 Å². The van der Waals surface area contributed by atoms with Crippen LogP contribution in [0.3, 0.4) is 0 Å². The zero-order valence-electron chi connectivity index (χ0n) is 12.6. The minimum Gasteiger partial charge on any atom is -0.388 e. The minimum absolute atomic E-state index is 0.393. The molecule has 0 radical (unpaired) electrons. The molecule has 0 aliphatic carbocycles. The largest absolute Gasteiger partial charge is 0.416 e. The van der Waals surface area contributed by atoms with Crippen molar-refractivity contribution in [1.29, 1.82) is 0 Å². The molecular weight excluding hydrogens is 289 g/mol. The first-order valence-corrected chi connectivity index (χ1v) is 7.23. The summed E-state index contributed by atoms with van der Waals surface area (Å²) in [6.45, 7) is 4.08. The van der Waals surface area contributed by atoms with Crippen molar-refractivity contribution in [2.75, 3.05) is 0 Å². The van der Waals surface area contributed by atoms with Crippen molar-refractivity contribution in [2.24, 2.45) is 5.92 Å². The van der Waals surface area contributed by atoms with E-state index < -0.39 is 17.8 Å². The van der Waals surface area contributed by atoms with Gasteiger partial charge < -0.3 is 5.11 Å². The van der Waals surface area contributed by atoms with Gasteiger partial charge in [-0.1, -0.05) is 50.2 Å². The molecule has 0 bridgehead atoms. The predicted molar refractivity (Wildman–Crippen MR) is 81.3 cm³/mol. The van der Waals surface area contributed by atoms with E-state index >= 15 is 0 Å². The van der Waals surface area contributed by atoms with Gasteiger partial charge in [0, 0.05) is 0 Å². The van der Waals surface area contributed by atoms with Crippen LogP contribution in [-0.2, 0) is 6.18 Å². The van der Waals surface area contributed by atoms with Crippen molar-refractivity contribution < 1.29 is 18.3 Å². The van der Waals surface area contributed by atoms with Crippen LogP contribution in [0, 0.1) is 5.92 Å². The average molecular weight is 308 g/mol. The van der Waals surface area contributed by atoms with Crippen molar-refractivity contribution in [3.05, 3.63) is 59.7 Å². The predicted octanol–water partition coefficient (Wildman–Crippen LogP) is 5.45. The molecule has 1 atom stereocenters. The SMILES string of the molecule is CC(C)C[C@H](O)c1ccc(-c2ccc(C(F)(F)F)cc2)cc1. The van der Waals surface area contributed by atoms with E-state index in [4.69, 9.17) is 0 Å². The summed E-state index contributed by atoms with van der Waals surface area (Å²) in [5.41, 5.74) is 1.72. The summed E-state index contributed by atoms with van der Waals surface area (Å²) in [6, 6.07) is 12.4. The number of alkyl halides is 3. The van der Waals surface area contributed by atoms with E-state index in [1.165, 1.54) is 12.1 Å². The number of hydrogen-bond acceptors (Lipinski definition) is 1. The van der Waals surface area contributed by atoms with Crippen LogP contribution in [0.1, 0.15) is 37.5 Å². The molecule has 1 nitrogen and oxygen atoms in total. The van der Waals surface area contributed by atoms with Gasteiger partial charge in [-0.3, -0.25) is 0 Å². The maximum Gasteiger partial charge on any atom is 0.416 e. The summed E-state index contributed by atoms with van der Waals surface area (Å²) in [4.78, 5) is 0. The Morgan fingerprint density at radius 1 is 0.864 bits per heavy atom. The second kappa shape index (κ2) is 6.53. The summed E-state index contributed by atoms with van der Waals surface area (Å²) < 4.78 is 37.6. The number of aliphatic hydroxyl groups is 1. The molecule has 0 saturated heterocycles. The zero-order valence-corrected chi connectivity index (χ0v) is 12.6. The Balaban J connectivity index is 2.17. The monoisotopic (exact) mass is 308 g/mol. The Kier molecular flexibility index (Phi) is 4.91. The average Bonchev–Trinajstić information content (AvgIpc) is 2.46. The Morgan fingerprint density at radius 3 is 1.73 bits per heavy atom. The molecule has 0 spiro atoms. The first-order valence-electron chi connectivity index (χ1n) is 7.23. The zero-order chi connectivity index (χ0) is 16.3. The first kappa shape index (κ1) is 16.6. The van der Waals surface area contributed by atoms with Crippen molar-refractivity contribution in [1.82, 2.24) is 0 Å². The molecule has 2 aromatic rings. The topological polar surface area (TPSA) is 20.2 Å². The van der Waals surface area contributed by atoms with Gasteiger partial charge >= 0.3 is 6.18 Å². The summed E-state index contributed by atoms with van der Waals surface area (Å²) in [7, 11) is 0. The molecule has 1 N–H and O–H groups in total. The fourth-order valence-electron chi connectivity index (χ4n) is 2.33. The number of benzene rings is 2. The standard InChI is InChI=1S/C18H19F3O/c1-12(2)11-17(22)15-5-3-13(4-6-15)14-7-9-16(10-8-14)18(19,20)21/h3-10,12,17,22H,11H2,1-2H3/t17-/m0/s1. The third-order valence-corrected chi connectivity index (χ3v) is 3.54. The highest BCUT2D eigenvalue weighted by Crippen LogP contribution is 2.31. The van der Waals surface area contributed by atoms with Crippen molar-refractivity contribution in [2.45, 2.75) is 32.5 Å². The lowest BCUT2D eigenvalue weighted by atomic mass is 9.97. The van der Waals surface area contributed by atoms with Gasteiger partial charge in [-0.2, -0.15) is 13.2 Å². The first-order chi connectivity index (χ1) is 10.3. The van der Waals surface area contributed by atoms with Crippen LogP contribution in [0.25, 0.3) is 11.1 Å². The molecule has 0 aromatic heterocycles. The van der Waals surface area contributed by atoms with Gasteiger partial charge in [0.15, 0.2) is 0 Å². The maximum absolute atomic E-state index is 12.5. The molecule has 2 aromatic carbocycles. The fourth-order valence-corrected chi connectivity index (χ4v) is 2.33. The lowest BCUT2D eigenvalue weighted by molar-refractivity contribution is -0.137. The highest BCUT2D eigenvalue weighted by molar-refractivity contribution is 5.64. The molecule has 0 aliphatic rings. The molecular formula is C18H19F3O. The second-order valence-corrected chi connectivity index (χ2v) is 5.84. The minimum atomic E-state index is -4.32. The Hall–Kier alpha value is -1.81. The smallest absolute Gasteiger partial charge is 0.388 e. The molecule has 0 aliphatic heterocycles. The van der Waals surface area contributed by atoms with Gasteiger partial charge in [-0.05, 0) is 41.2 Å². The van der Waals surface area contributed by atoms with E-state index in [2.05, 4.69) is 0 Å². The third kappa shape index (κ3) is 4.10. The van der Waals surface area contributed by atoms with Gasteiger partial charge in [0.1, 0.15) is 0 Å². The van der Waals surface area contributed by atoms with Gasteiger partial charge in [-0.25, -0.2) is 0 Å². The number of rotatable bonds is 4. The molecule has 0 unspecified atom stereocenters. The molecule has 22 heavy (non-hydrogen) atoms. The fraction of sp³-hybridized carbons (Fsp3) is 0.333. The van der Waals surface area contributed by atoms with Crippen LogP contribution >= 0.6 is 0 Å². The van der Waals surface area contributed by atoms with E-state index in [9.17, 15) is 18.3 Å². The van der Waals surface area contributed by atoms with Crippen LogP contribution in [0.4, 0.5) is 13.2 Å². The molecule has 118 valence electrons. The lowest BCUT2D eigenvalue weighted by Crippen LogP contribution is -2.04. The summed E-state index contributed by atoms with van der Waals surface area (Å²) in [5, 5.41) is 10.1. The highest BCUT2D eigenvalue weighted by Gasteiger charge is 2.29. The van der Waals surface area contributed by atoms with Crippen LogP contribution < -0.4 is 0 Å². The molecule has 2 rings (SSSR count). The summed E-state index contributed by atoms with van der Waals surface area (Å²) in [6.07, 6.45) is -4.15. The molecule has 0 amide bonds. The van der Waals surface area contributed by atoms with Crippen molar-refractivity contribution in [3.63, 3.8) is 0 Å². The van der Waals surface area contributed by atoms with E-state index in [-0.39, 0.29) is 0 Å². The third-order valence-electron chi connectivity index (χ3n) is 3.54. The Morgan fingerprint density at radius 2 is 1.32 bits per heavy atom. The number of halogens is 3. The van der Waals surface area contributed by atoms with Gasteiger partial charge in [-0.15, -0.1) is 0 Å². The van der Waals surface area contributed by atoms with Crippen LogP contribution in [0.2, 0.25) is 0 Å². The van der Waals surface area contributed by atoms with Gasteiger partial charge in [0.05, 0.1) is 11.7 Å². The Labute approximate surface area is 128 Å². The Bertz CT molecular complexity index is 598.